The summed E-state index contributed by atoms with van der Waals surface area (Å²) in [7, 11) is 0. The summed E-state index contributed by atoms with van der Waals surface area (Å²) in [4.78, 5) is 12.6. The van der Waals surface area contributed by atoms with Crippen LogP contribution in [-0.2, 0) is 13.0 Å². The molecule has 92 valence electrons. The van der Waals surface area contributed by atoms with E-state index in [9.17, 15) is 4.79 Å². The van der Waals surface area contributed by atoms with Crippen molar-refractivity contribution in [3.05, 3.63) is 54.6 Å². The Balaban J connectivity index is 2.29. The van der Waals surface area contributed by atoms with Crippen LogP contribution in [0.15, 0.2) is 37.8 Å². The highest BCUT2D eigenvalue weighted by Crippen LogP contribution is 2.39. The predicted molar refractivity (Wildman–Crippen MR) is 81.1 cm³/mol. The van der Waals surface area contributed by atoms with Crippen LogP contribution in [0, 0.1) is 0 Å². The Morgan fingerprint density at radius 1 is 1.06 bits per heavy atom. The van der Waals surface area contributed by atoms with Gasteiger partial charge in [0.2, 0.25) is 5.78 Å². The number of hydrogen-bond donors (Lipinski definition) is 0. The summed E-state index contributed by atoms with van der Waals surface area (Å²) in [5.41, 5.74) is 2.62. The molecule has 0 N–H and O–H groups in total. The van der Waals surface area contributed by atoms with E-state index < -0.39 is 0 Å². The van der Waals surface area contributed by atoms with Crippen LogP contribution >= 0.6 is 47.8 Å². The maximum Gasteiger partial charge on any atom is 0.210 e. The number of nitrogens with zero attached hydrogens (tertiary/aromatic N) is 1. The van der Waals surface area contributed by atoms with Crippen LogP contribution in [0.1, 0.15) is 21.6 Å². The zero-order valence-electron chi connectivity index (χ0n) is 9.21. The average Bonchev–Trinajstić information content (AvgIpc) is 2.53. The molecule has 0 fully saturated rings. The van der Waals surface area contributed by atoms with Crippen LogP contribution in [0.4, 0.5) is 0 Å². The molecule has 0 bridgehead atoms. The molecule has 5 heteroatoms. The second kappa shape index (κ2) is 4.62. The monoisotopic (exact) mass is 431 g/mol. The number of rotatable bonds is 0. The molecule has 1 aliphatic heterocycles. The maximum atomic E-state index is 12.6. The standard InChI is InChI=1S/C13H8Br3NO/c14-9-10(15)13(16)17-6-5-7-3-1-2-4-8(7)12(18)11(9)17/h1-4H,5-6H2. The van der Waals surface area contributed by atoms with E-state index in [4.69, 9.17) is 0 Å². The van der Waals surface area contributed by atoms with Crippen molar-refractivity contribution >= 4 is 53.6 Å². The van der Waals surface area contributed by atoms with Crippen LogP contribution in [0.2, 0.25) is 0 Å². The van der Waals surface area contributed by atoms with E-state index in [0.29, 0.717) is 5.69 Å². The third-order valence-electron chi connectivity index (χ3n) is 3.17. The summed E-state index contributed by atoms with van der Waals surface area (Å²) in [6.07, 6.45) is 0.862. The van der Waals surface area contributed by atoms with E-state index in [2.05, 4.69) is 47.8 Å². The van der Waals surface area contributed by atoms with E-state index in [1.807, 2.05) is 28.8 Å². The van der Waals surface area contributed by atoms with Gasteiger partial charge in [0.25, 0.3) is 0 Å². The first-order chi connectivity index (χ1) is 8.61. The molecule has 3 rings (SSSR count). The first-order valence-electron chi connectivity index (χ1n) is 5.47. The van der Waals surface area contributed by atoms with Crippen LogP contribution in [0.5, 0.6) is 0 Å². The van der Waals surface area contributed by atoms with Gasteiger partial charge in [0.15, 0.2) is 0 Å². The van der Waals surface area contributed by atoms with Crippen LogP contribution in [0.3, 0.4) is 0 Å². The lowest BCUT2D eigenvalue weighted by Crippen LogP contribution is -2.08. The second-order valence-corrected chi connectivity index (χ2v) is 6.49. The Bertz CT molecular complexity index is 660. The Morgan fingerprint density at radius 3 is 2.56 bits per heavy atom. The number of carbonyl (C=O) groups is 1. The van der Waals surface area contributed by atoms with Crippen molar-refractivity contribution in [1.82, 2.24) is 4.57 Å². The quantitative estimate of drug-likeness (QED) is 0.597. The summed E-state index contributed by atoms with van der Waals surface area (Å²) in [5.74, 6) is 0.0707. The van der Waals surface area contributed by atoms with Gasteiger partial charge < -0.3 is 4.57 Å². The van der Waals surface area contributed by atoms with Gasteiger partial charge in [-0.25, -0.2) is 0 Å². The van der Waals surface area contributed by atoms with Crippen molar-refractivity contribution in [1.29, 1.82) is 0 Å². The van der Waals surface area contributed by atoms with E-state index in [1.54, 1.807) is 0 Å². The van der Waals surface area contributed by atoms with Crippen LogP contribution in [-0.4, -0.2) is 10.4 Å². The number of ketones is 1. The van der Waals surface area contributed by atoms with Crippen molar-refractivity contribution in [2.24, 2.45) is 0 Å². The molecule has 0 unspecified atom stereocenters. The molecule has 0 spiro atoms. The fourth-order valence-corrected chi connectivity index (χ4v) is 4.08. The van der Waals surface area contributed by atoms with E-state index in [0.717, 1.165) is 37.6 Å². The Kier molecular flexibility index (Phi) is 3.24. The topological polar surface area (TPSA) is 22.0 Å². The normalized spacial score (nSPS) is 14.1. The van der Waals surface area contributed by atoms with Gasteiger partial charge in [-0.2, -0.15) is 0 Å². The summed E-state index contributed by atoms with van der Waals surface area (Å²) < 4.78 is 4.63. The minimum absolute atomic E-state index is 0.0707. The summed E-state index contributed by atoms with van der Waals surface area (Å²) in [5, 5.41) is 0. The van der Waals surface area contributed by atoms with Crippen molar-refractivity contribution in [3.8, 4) is 0 Å². The molecule has 0 aliphatic carbocycles. The lowest BCUT2D eigenvalue weighted by atomic mass is 10.0. The molecule has 0 saturated carbocycles. The summed E-state index contributed by atoms with van der Waals surface area (Å²) >= 11 is 10.5. The fraction of sp³-hybridized carbons (Fsp3) is 0.154. The SMILES string of the molecule is O=C1c2ccccc2CCn2c(Br)c(Br)c(Br)c21. The molecule has 18 heavy (non-hydrogen) atoms. The largest absolute Gasteiger partial charge is 0.330 e. The van der Waals surface area contributed by atoms with E-state index in [-0.39, 0.29) is 5.78 Å². The summed E-state index contributed by atoms with van der Waals surface area (Å²) in [6.45, 7) is 0.795. The van der Waals surface area contributed by atoms with Crippen molar-refractivity contribution in [2.45, 2.75) is 13.0 Å². The molecule has 0 radical (unpaired) electrons. The summed E-state index contributed by atoms with van der Waals surface area (Å²) in [6, 6.07) is 7.81. The van der Waals surface area contributed by atoms with Gasteiger partial charge in [-0.05, 0) is 59.8 Å². The Morgan fingerprint density at radius 2 is 1.78 bits per heavy atom. The van der Waals surface area contributed by atoms with Gasteiger partial charge in [-0.15, -0.1) is 0 Å². The number of aromatic nitrogens is 1. The van der Waals surface area contributed by atoms with Crippen molar-refractivity contribution < 1.29 is 4.79 Å². The molecule has 2 aromatic rings. The van der Waals surface area contributed by atoms with Gasteiger partial charge in [0.05, 0.1) is 8.95 Å². The van der Waals surface area contributed by atoms with Gasteiger partial charge in [-0.1, -0.05) is 24.3 Å². The van der Waals surface area contributed by atoms with Gasteiger partial charge in [0, 0.05) is 12.1 Å². The number of carbonyl (C=O) groups excluding carboxylic acids is 1. The first-order valence-corrected chi connectivity index (χ1v) is 7.84. The lowest BCUT2D eigenvalue weighted by molar-refractivity contribution is 0.103. The number of hydrogen-bond acceptors (Lipinski definition) is 1. The average molecular weight is 434 g/mol. The van der Waals surface area contributed by atoms with Gasteiger partial charge >= 0.3 is 0 Å². The Labute approximate surface area is 130 Å². The van der Waals surface area contributed by atoms with Gasteiger partial charge in [0.1, 0.15) is 10.3 Å². The third-order valence-corrected chi connectivity index (χ3v) is 6.60. The first kappa shape index (κ1) is 12.6. The number of halogens is 3. The molecule has 1 aromatic carbocycles. The van der Waals surface area contributed by atoms with E-state index in [1.165, 1.54) is 0 Å². The molecule has 0 atom stereocenters. The lowest BCUT2D eigenvalue weighted by Gasteiger charge is -2.04. The number of benzene rings is 1. The van der Waals surface area contributed by atoms with Gasteiger partial charge in [-0.3, -0.25) is 4.79 Å². The fourth-order valence-electron chi connectivity index (χ4n) is 2.28. The van der Waals surface area contributed by atoms with Crippen molar-refractivity contribution in [2.75, 3.05) is 0 Å². The van der Waals surface area contributed by atoms with Crippen LogP contribution in [0.25, 0.3) is 0 Å². The van der Waals surface area contributed by atoms with Crippen LogP contribution < -0.4 is 0 Å². The molecule has 1 aromatic heterocycles. The molecule has 0 amide bonds. The molecule has 1 aliphatic rings. The molecule has 2 heterocycles. The van der Waals surface area contributed by atoms with E-state index >= 15 is 0 Å². The second-order valence-electron chi connectivity index (χ2n) is 4.16. The zero-order valence-corrected chi connectivity index (χ0v) is 14.0. The zero-order chi connectivity index (χ0) is 12.9. The highest BCUT2D eigenvalue weighted by atomic mass is 79.9. The van der Waals surface area contributed by atoms with Crippen molar-refractivity contribution in [3.63, 3.8) is 0 Å². The molecular weight excluding hydrogens is 426 g/mol. The number of fused-ring (bicyclic) bond motifs is 2. The highest BCUT2D eigenvalue weighted by molar-refractivity contribution is 9.14. The third kappa shape index (κ3) is 1.75. The smallest absolute Gasteiger partial charge is 0.210 e. The minimum atomic E-state index is 0.0707. The predicted octanol–water partition coefficient (Wildman–Crippen LogP) is 4.56. The minimum Gasteiger partial charge on any atom is -0.330 e. The maximum absolute atomic E-state index is 12.6. The highest BCUT2D eigenvalue weighted by Gasteiger charge is 2.28. The molecular formula is C13H8Br3NO. The Hall–Kier alpha value is -0.390. The molecule has 2 nitrogen and oxygen atoms in total. The number of aryl methyl sites for hydroxylation is 1. The molecule has 0 saturated heterocycles.